The quantitative estimate of drug-likeness (QED) is 0.710. The molecule has 2 aromatic heterocycles. The molecule has 7 heteroatoms. The molecule has 0 aliphatic rings. The van der Waals surface area contributed by atoms with E-state index in [2.05, 4.69) is 35.5 Å². The first-order chi connectivity index (χ1) is 8.69. The van der Waals surface area contributed by atoms with Crippen molar-refractivity contribution in [3.8, 4) is 10.7 Å². The minimum atomic E-state index is 0.650. The van der Waals surface area contributed by atoms with Crippen molar-refractivity contribution in [2.45, 2.75) is 13.3 Å². The van der Waals surface area contributed by atoms with Crippen LogP contribution in [0.2, 0.25) is 0 Å². The van der Waals surface area contributed by atoms with E-state index in [-0.39, 0.29) is 0 Å². The van der Waals surface area contributed by atoms with Gasteiger partial charge in [0.25, 0.3) is 0 Å². The van der Waals surface area contributed by atoms with Gasteiger partial charge in [0.05, 0.1) is 16.9 Å². The summed E-state index contributed by atoms with van der Waals surface area (Å²) < 4.78 is 4.90. The van der Waals surface area contributed by atoms with Crippen LogP contribution in [0.1, 0.15) is 12.6 Å². The number of nitrogen functional groups attached to an aromatic ring is 1. The molecule has 0 bridgehead atoms. The number of rotatable bonds is 2. The van der Waals surface area contributed by atoms with Gasteiger partial charge in [0.15, 0.2) is 5.82 Å². The number of aromatic amines is 1. The Labute approximate surface area is 116 Å². The number of benzene rings is 1. The molecule has 92 valence electrons. The topological polar surface area (TPSA) is 80.5 Å². The van der Waals surface area contributed by atoms with Crippen LogP contribution in [0.3, 0.4) is 0 Å². The standard InChI is InChI=1S/C11H10BrN5S/c1-2-7-10(18-17-16-7)11-14-8-4-5(12)3-6(13)9(8)15-11/h3-4H,2,13H2,1H3,(H,14,15). The molecule has 0 radical (unpaired) electrons. The summed E-state index contributed by atoms with van der Waals surface area (Å²) in [6, 6.07) is 3.81. The number of H-pyrrole nitrogens is 1. The Bertz CT molecular complexity index is 717. The lowest BCUT2D eigenvalue weighted by Crippen LogP contribution is -1.87. The predicted octanol–water partition coefficient (Wildman–Crippen LogP) is 2.99. The van der Waals surface area contributed by atoms with Crippen molar-refractivity contribution < 1.29 is 0 Å². The van der Waals surface area contributed by atoms with Crippen LogP contribution < -0.4 is 5.73 Å². The molecule has 0 atom stereocenters. The van der Waals surface area contributed by atoms with Gasteiger partial charge in [-0.25, -0.2) is 4.98 Å². The number of imidazole rings is 1. The highest BCUT2D eigenvalue weighted by atomic mass is 79.9. The summed E-state index contributed by atoms with van der Waals surface area (Å²) in [6.45, 7) is 2.05. The molecule has 0 spiro atoms. The van der Waals surface area contributed by atoms with Gasteiger partial charge in [-0.3, -0.25) is 0 Å². The molecule has 0 aliphatic carbocycles. The Morgan fingerprint density at radius 1 is 1.44 bits per heavy atom. The zero-order valence-corrected chi connectivity index (χ0v) is 12.0. The average Bonchev–Trinajstić information content (AvgIpc) is 2.92. The molecule has 5 nitrogen and oxygen atoms in total. The van der Waals surface area contributed by atoms with E-state index in [9.17, 15) is 0 Å². The first kappa shape index (κ1) is 11.6. The molecule has 3 aromatic rings. The Morgan fingerprint density at radius 3 is 3.06 bits per heavy atom. The second-order valence-electron chi connectivity index (χ2n) is 3.88. The van der Waals surface area contributed by atoms with Crippen molar-refractivity contribution in [1.29, 1.82) is 0 Å². The van der Waals surface area contributed by atoms with E-state index in [1.165, 1.54) is 11.5 Å². The smallest absolute Gasteiger partial charge is 0.152 e. The predicted molar refractivity (Wildman–Crippen MR) is 76.5 cm³/mol. The number of nitrogens with zero attached hydrogens (tertiary/aromatic N) is 3. The zero-order chi connectivity index (χ0) is 12.7. The molecular formula is C11H10BrN5S. The summed E-state index contributed by atoms with van der Waals surface area (Å²) in [7, 11) is 0. The molecule has 0 aliphatic heterocycles. The van der Waals surface area contributed by atoms with Gasteiger partial charge >= 0.3 is 0 Å². The summed E-state index contributed by atoms with van der Waals surface area (Å²) in [5.41, 5.74) is 9.25. The van der Waals surface area contributed by atoms with E-state index in [1.807, 2.05) is 19.1 Å². The molecule has 0 saturated carbocycles. The highest BCUT2D eigenvalue weighted by Gasteiger charge is 2.14. The fourth-order valence-electron chi connectivity index (χ4n) is 1.84. The van der Waals surface area contributed by atoms with Gasteiger partial charge in [0, 0.05) is 4.47 Å². The second-order valence-corrected chi connectivity index (χ2v) is 5.55. The van der Waals surface area contributed by atoms with Crippen LogP contribution in [-0.4, -0.2) is 19.6 Å². The van der Waals surface area contributed by atoms with Crippen molar-refractivity contribution >= 4 is 44.2 Å². The van der Waals surface area contributed by atoms with E-state index >= 15 is 0 Å². The Kier molecular flexibility index (Phi) is 2.79. The maximum Gasteiger partial charge on any atom is 0.152 e. The number of halogens is 1. The number of aromatic nitrogens is 4. The number of nitrogens with two attached hydrogens (primary N) is 1. The molecule has 0 amide bonds. The van der Waals surface area contributed by atoms with Crippen molar-refractivity contribution in [2.24, 2.45) is 0 Å². The second kappa shape index (κ2) is 4.33. The Balaban J connectivity index is 2.22. The third-order valence-corrected chi connectivity index (χ3v) is 3.92. The van der Waals surface area contributed by atoms with Gasteiger partial charge in [-0.1, -0.05) is 27.3 Å². The molecule has 2 heterocycles. The minimum absolute atomic E-state index is 0.650. The summed E-state index contributed by atoms with van der Waals surface area (Å²) in [6.07, 6.45) is 0.835. The number of anilines is 1. The highest BCUT2D eigenvalue weighted by Crippen LogP contribution is 2.30. The molecule has 3 rings (SSSR count). The third-order valence-electron chi connectivity index (χ3n) is 2.69. The van der Waals surface area contributed by atoms with E-state index in [0.29, 0.717) is 5.69 Å². The molecule has 0 unspecified atom stereocenters. The van der Waals surface area contributed by atoms with Gasteiger partial charge in [-0.2, -0.15) is 0 Å². The summed E-state index contributed by atoms with van der Waals surface area (Å²) in [5.74, 6) is 0.779. The number of fused-ring (bicyclic) bond motifs is 1. The number of aryl methyl sites for hydroxylation is 1. The van der Waals surface area contributed by atoms with Crippen LogP contribution in [0.4, 0.5) is 5.69 Å². The molecule has 0 fully saturated rings. The lowest BCUT2D eigenvalue weighted by molar-refractivity contribution is 0.990. The maximum atomic E-state index is 5.95. The van der Waals surface area contributed by atoms with Crippen molar-refractivity contribution in [2.75, 3.05) is 5.73 Å². The van der Waals surface area contributed by atoms with Crippen molar-refractivity contribution in [1.82, 2.24) is 19.6 Å². The summed E-state index contributed by atoms with van der Waals surface area (Å²) >= 11 is 4.76. The largest absolute Gasteiger partial charge is 0.397 e. The van der Waals surface area contributed by atoms with Crippen LogP contribution in [0.15, 0.2) is 16.6 Å². The molecule has 18 heavy (non-hydrogen) atoms. The van der Waals surface area contributed by atoms with Crippen LogP contribution >= 0.6 is 27.5 Å². The first-order valence-corrected chi connectivity index (χ1v) is 7.02. The Hall–Kier alpha value is -1.47. The average molecular weight is 324 g/mol. The lowest BCUT2D eigenvalue weighted by atomic mass is 10.3. The van der Waals surface area contributed by atoms with Crippen LogP contribution in [0.25, 0.3) is 21.7 Å². The SMILES string of the molecule is CCc1nnsc1-c1nc2c(N)cc(Br)cc2[nH]1. The third kappa shape index (κ3) is 1.79. The van der Waals surface area contributed by atoms with Gasteiger partial charge in [-0.05, 0) is 30.1 Å². The molecule has 3 N–H and O–H groups in total. The van der Waals surface area contributed by atoms with Crippen LogP contribution in [-0.2, 0) is 6.42 Å². The Morgan fingerprint density at radius 2 is 2.28 bits per heavy atom. The molecular weight excluding hydrogens is 314 g/mol. The van der Waals surface area contributed by atoms with Gasteiger partial charge in [0.2, 0.25) is 0 Å². The van der Waals surface area contributed by atoms with Crippen molar-refractivity contribution in [3.05, 3.63) is 22.3 Å². The molecule has 1 aromatic carbocycles. The molecule has 0 saturated heterocycles. The summed E-state index contributed by atoms with van der Waals surface area (Å²) in [4.78, 5) is 8.77. The first-order valence-electron chi connectivity index (χ1n) is 5.45. The normalized spacial score (nSPS) is 11.2. The fourth-order valence-corrected chi connectivity index (χ4v) is 3.01. The van der Waals surface area contributed by atoms with E-state index in [4.69, 9.17) is 5.73 Å². The highest BCUT2D eigenvalue weighted by molar-refractivity contribution is 9.10. The van der Waals surface area contributed by atoms with Crippen molar-refractivity contribution in [3.63, 3.8) is 0 Å². The van der Waals surface area contributed by atoms with E-state index in [1.54, 1.807) is 0 Å². The monoisotopic (exact) mass is 323 g/mol. The number of hydrogen-bond acceptors (Lipinski definition) is 5. The summed E-state index contributed by atoms with van der Waals surface area (Å²) in [5, 5.41) is 4.09. The van der Waals surface area contributed by atoms with Crippen LogP contribution in [0.5, 0.6) is 0 Å². The number of nitrogens with one attached hydrogen (secondary N) is 1. The zero-order valence-electron chi connectivity index (χ0n) is 9.57. The van der Waals surface area contributed by atoms with Gasteiger partial charge in [0.1, 0.15) is 10.4 Å². The minimum Gasteiger partial charge on any atom is -0.397 e. The lowest BCUT2D eigenvalue weighted by Gasteiger charge is -1.94. The van der Waals surface area contributed by atoms with E-state index < -0.39 is 0 Å². The maximum absolute atomic E-state index is 5.95. The fraction of sp³-hybridized carbons (Fsp3) is 0.182. The van der Waals surface area contributed by atoms with Gasteiger partial charge in [-0.15, -0.1) is 5.10 Å². The van der Waals surface area contributed by atoms with Crippen LogP contribution in [0, 0.1) is 0 Å². The van der Waals surface area contributed by atoms with E-state index in [0.717, 1.165) is 38.3 Å². The van der Waals surface area contributed by atoms with Gasteiger partial charge < -0.3 is 10.7 Å². The number of hydrogen-bond donors (Lipinski definition) is 2.